The van der Waals surface area contributed by atoms with Gasteiger partial charge in [0.1, 0.15) is 0 Å². The molecule has 1 aliphatic heterocycles. The fourth-order valence-electron chi connectivity index (χ4n) is 2.45. The van der Waals surface area contributed by atoms with E-state index in [-0.39, 0.29) is 17.8 Å². The maximum absolute atomic E-state index is 12.9. The predicted octanol–water partition coefficient (Wildman–Crippen LogP) is 3.19. The Hall–Kier alpha value is -1.74. The zero-order valence-corrected chi connectivity index (χ0v) is 11.2. The third-order valence-electron chi connectivity index (χ3n) is 3.21. The van der Waals surface area contributed by atoms with E-state index < -0.39 is 11.7 Å². The number of nitriles is 1. The summed E-state index contributed by atoms with van der Waals surface area (Å²) < 4.78 is 44.4. The molecule has 0 amide bonds. The summed E-state index contributed by atoms with van der Waals surface area (Å²) in [4.78, 5) is 1.86. The van der Waals surface area contributed by atoms with E-state index in [2.05, 4.69) is 0 Å². The van der Waals surface area contributed by atoms with Gasteiger partial charge in [-0.2, -0.15) is 18.4 Å². The second kappa shape index (κ2) is 5.33. The third-order valence-corrected chi connectivity index (χ3v) is 3.21. The van der Waals surface area contributed by atoms with Crippen molar-refractivity contribution in [3.05, 3.63) is 29.3 Å². The smallest absolute Gasteiger partial charge is 0.372 e. The fourth-order valence-corrected chi connectivity index (χ4v) is 2.45. The Morgan fingerprint density at radius 3 is 2.35 bits per heavy atom. The number of ether oxygens (including phenoxy) is 1. The van der Waals surface area contributed by atoms with Crippen molar-refractivity contribution in [2.45, 2.75) is 32.2 Å². The molecule has 0 saturated carbocycles. The van der Waals surface area contributed by atoms with Crippen LogP contribution in [0.1, 0.15) is 25.0 Å². The Balaban J connectivity index is 2.36. The van der Waals surface area contributed by atoms with Crippen molar-refractivity contribution in [3.8, 4) is 6.07 Å². The van der Waals surface area contributed by atoms with Gasteiger partial charge in [0.05, 0.1) is 29.4 Å². The molecule has 0 spiro atoms. The Kier molecular flexibility index (Phi) is 3.91. The summed E-state index contributed by atoms with van der Waals surface area (Å²) in [6.45, 7) is 4.84. The van der Waals surface area contributed by atoms with Gasteiger partial charge >= 0.3 is 6.18 Å². The van der Waals surface area contributed by atoms with Gasteiger partial charge in [-0.05, 0) is 32.0 Å². The first-order chi connectivity index (χ1) is 9.31. The topological polar surface area (TPSA) is 36.3 Å². The van der Waals surface area contributed by atoms with E-state index in [1.165, 1.54) is 6.07 Å². The number of hydrogen-bond donors (Lipinski definition) is 0. The first-order valence-corrected chi connectivity index (χ1v) is 6.33. The number of rotatable bonds is 1. The molecule has 1 saturated heterocycles. The summed E-state index contributed by atoms with van der Waals surface area (Å²) in [6.07, 6.45) is -4.60. The van der Waals surface area contributed by atoms with Gasteiger partial charge in [-0.3, -0.25) is 0 Å². The Morgan fingerprint density at radius 1 is 1.25 bits per heavy atom. The second-order valence-electron chi connectivity index (χ2n) is 5.00. The molecule has 1 fully saturated rings. The molecule has 2 unspecified atom stereocenters. The highest BCUT2D eigenvalue weighted by molar-refractivity contribution is 5.55. The predicted molar refractivity (Wildman–Crippen MR) is 68.4 cm³/mol. The van der Waals surface area contributed by atoms with Crippen LogP contribution < -0.4 is 4.90 Å². The van der Waals surface area contributed by atoms with Crippen molar-refractivity contribution in [1.29, 1.82) is 5.26 Å². The molecule has 20 heavy (non-hydrogen) atoms. The lowest BCUT2D eigenvalue weighted by molar-refractivity contribution is -0.137. The highest BCUT2D eigenvalue weighted by Gasteiger charge is 2.34. The molecular formula is C14H15F3N2O. The summed E-state index contributed by atoms with van der Waals surface area (Å²) in [6, 6.07) is 5.41. The van der Waals surface area contributed by atoms with E-state index in [1.807, 2.05) is 18.7 Å². The van der Waals surface area contributed by atoms with Crippen molar-refractivity contribution < 1.29 is 17.9 Å². The monoisotopic (exact) mass is 284 g/mol. The first kappa shape index (κ1) is 14.7. The van der Waals surface area contributed by atoms with Gasteiger partial charge in [0.2, 0.25) is 0 Å². The number of nitrogens with zero attached hydrogens (tertiary/aromatic N) is 2. The molecular weight excluding hydrogens is 269 g/mol. The number of benzene rings is 1. The SMILES string of the molecule is CC1CN(c2ccc(C#N)c(C(F)(F)F)c2)CC(C)O1. The molecule has 0 radical (unpaired) electrons. The van der Waals surface area contributed by atoms with Gasteiger partial charge in [-0.15, -0.1) is 0 Å². The number of hydrogen-bond acceptors (Lipinski definition) is 3. The van der Waals surface area contributed by atoms with Gasteiger partial charge in [0, 0.05) is 18.8 Å². The van der Waals surface area contributed by atoms with Gasteiger partial charge in [-0.1, -0.05) is 0 Å². The average molecular weight is 284 g/mol. The largest absolute Gasteiger partial charge is 0.417 e. The van der Waals surface area contributed by atoms with Gasteiger partial charge in [0.25, 0.3) is 0 Å². The van der Waals surface area contributed by atoms with E-state index in [0.29, 0.717) is 18.8 Å². The van der Waals surface area contributed by atoms with Crippen LogP contribution in [0.2, 0.25) is 0 Å². The van der Waals surface area contributed by atoms with Crippen molar-refractivity contribution >= 4 is 5.69 Å². The van der Waals surface area contributed by atoms with Gasteiger partial charge in [-0.25, -0.2) is 0 Å². The summed E-state index contributed by atoms with van der Waals surface area (Å²) in [5, 5.41) is 8.78. The fraction of sp³-hybridized carbons (Fsp3) is 0.500. The molecule has 6 heteroatoms. The van der Waals surface area contributed by atoms with Crippen LogP contribution in [0.15, 0.2) is 18.2 Å². The number of alkyl halides is 3. The second-order valence-corrected chi connectivity index (χ2v) is 5.00. The molecule has 0 aliphatic carbocycles. The summed E-state index contributed by atoms with van der Waals surface area (Å²) in [5.41, 5.74) is -0.766. The van der Waals surface area contributed by atoms with Crippen LogP contribution in [0, 0.1) is 11.3 Å². The van der Waals surface area contributed by atoms with E-state index in [4.69, 9.17) is 10.00 Å². The summed E-state index contributed by atoms with van der Waals surface area (Å²) in [5.74, 6) is 0. The molecule has 108 valence electrons. The van der Waals surface area contributed by atoms with Crippen LogP contribution in [0.4, 0.5) is 18.9 Å². The van der Waals surface area contributed by atoms with Crippen LogP contribution in [-0.2, 0) is 10.9 Å². The maximum atomic E-state index is 12.9. The van der Waals surface area contributed by atoms with Crippen LogP contribution >= 0.6 is 0 Å². The third kappa shape index (κ3) is 3.05. The zero-order chi connectivity index (χ0) is 14.9. The molecule has 1 aromatic carbocycles. The van der Waals surface area contributed by atoms with Crippen molar-refractivity contribution in [1.82, 2.24) is 0 Å². The van der Waals surface area contributed by atoms with Crippen molar-refractivity contribution in [3.63, 3.8) is 0 Å². The molecule has 2 rings (SSSR count). The minimum absolute atomic E-state index is 0.0382. The number of halogens is 3. The molecule has 0 N–H and O–H groups in total. The van der Waals surface area contributed by atoms with Crippen LogP contribution in [0.5, 0.6) is 0 Å². The normalized spacial score (nSPS) is 23.5. The highest BCUT2D eigenvalue weighted by atomic mass is 19.4. The van der Waals surface area contributed by atoms with Crippen molar-refractivity contribution in [2.24, 2.45) is 0 Å². The molecule has 2 atom stereocenters. The highest BCUT2D eigenvalue weighted by Crippen LogP contribution is 2.35. The summed E-state index contributed by atoms with van der Waals surface area (Å²) >= 11 is 0. The lowest BCUT2D eigenvalue weighted by atomic mass is 10.1. The van der Waals surface area contributed by atoms with Gasteiger partial charge in [0.15, 0.2) is 0 Å². The molecule has 0 aromatic heterocycles. The molecule has 1 heterocycles. The molecule has 1 aromatic rings. The van der Waals surface area contributed by atoms with Crippen molar-refractivity contribution in [2.75, 3.05) is 18.0 Å². The van der Waals surface area contributed by atoms with Crippen LogP contribution in [0.3, 0.4) is 0 Å². The molecule has 3 nitrogen and oxygen atoms in total. The van der Waals surface area contributed by atoms with E-state index >= 15 is 0 Å². The quantitative estimate of drug-likeness (QED) is 0.794. The number of anilines is 1. The minimum Gasteiger partial charge on any atom is -0.372 e. The minimum atomic E-state index is -4.52. The van der Waals surface area contributed by atoms with E-state index in [9.17, 15) is 13.2 Å². The lowest BCUT2D eigenvalue weighted by Crippen LogP contribution is -2.45. The standard InChI is InChI=1S/C14H15F3N2O/c1-9-7-19(8-10(2)20-9)12-4-3-11(6-18)13(5-12)14(15,16)17/h3-5,9-10H,7-8H2,1-2H3. The lowest BCUT2D eigenvalue weighted by Gasteiger charge is -2.37. The Bertz CT molecular complexity index is 526. The average Bonchev–Trinajstić information content (AvgIpc) is 2.35. The van der Waals surface area contributed by atoms with E-state index in [1.54, 1.807) is 12.1 Å². The first-order valence-electron chi connectivity index (χ1n) is 6.33. The van der Waals surface area contributed by atoms with Crippen LogP contribution in [0.25, 0.3) is 0 Å². The maximum Gasteiger partial charge on any atom is 0.417 e. The Labute approximate surface area is 115 Å². The van der Waals surface area contributed by atoms with Gasteiger partial charge < -0.3 is 9.64 Å². The van der Waals surface area contributed by atoms with Crippen LogP contribution in [-0.4, -0.2) is 25.3 Å². The molecule has 1 aliphatic rings. The van der Waals surface area contributed by atoms with E-state index in [0.717, 1.165) is 6.07 Å². The number of morpholine rings is 1. The molecule has 0 bridgehead atoms. The zero-order valence-electron chi connectivity index (χ0n) is 11.2. The Morgan fingerprint density at radius 2 is 1.85 bits per heavy atom. The summed E-state index contributed by atoms with van der Waals surface area (Å²) in [7, 11) is 0.